The smallest absolute Gasteiger partial charge is 0.408 e. The van der Waals surface area contributed by atoms with E-state index in [9.17, 15) is 4.79 Å². The Balaban J connectivity index is 2.92. The van der Waals surface area contributed by atoms with Crippen molar-refractivity contribution >= 4 is 38.6 Å². The van der Waals surface area contributed by atoms with Crippen LogP contribution in [-0.4, -0.2) is 4.98 Å². The highest BCUT2D eigenvalue weighted by Gasteiger charge is 2.04. The van der Waals surface area contributed by atoms with Crippen molar-refractivity contribution in [2.45, 2.75) is 0 Å². The highest BCUT2D eigenvalue weighted by Crippen LogP contribution is 2.26. The third-order valence-corrected chi connectivity index (χ3v) is 2.66. The van der Waals surface area contributed by atoms with Gasteiger partial charge in [-0.05, 0) is 28.1 Å². The van der Waals surface area contributed by atoms with Crippen LogP contribution in [-0.2, 0) is 0 Å². The van der Waals surface area contributed by atoms with Gasteiger partial charge >= 0.3 is 5.76 Å². The molecule has 3 nitrogen and oxygen atoms in total. The fourth-order valence-electron chi connectivity index (χ4n) is 0.946. The Hall–Kier alpha value is -0.740. The SMILES string of the molecule is O=c1[nH]c2cc(Cl)c(Br)cc2o1. The molecule has 0 amide bonds. The van der Waals surface area contributed by atoms with Crippen molar-refractivity contribution in [3.8, 4) is 0 Å². The van der Waals surface area contributed by atoms with E-state index in [1.807, 2.05) is 0 Å². The Kier molecular flexibility index (Phi) is 1.73. The quantitative estimate of drug-likeness (QED) is 0.779. The topological polar surface area (TPSA) is 46.0 Å². The summed E-state index contributed by atoms with van der Waals surface area (Å²) in [7, 11) is 0. The third-order valence-electron chi connectivity index (χ3n) is 1.46. The van der Waals surface area contributed by atoms with Crippen LogP contribution >= 0.6 is 27.5 Å². The first kappa shape index (κ1) is 7.89. The van der Waals surface area contributed by atoms with Gasteiger partial charge < -0.3 is 4.42 Å². The molecule has 0 unspecified atom stereocenters. The van der Waals surface area contributed by atoms with Crippen molar-refractivity contribution in [1.29, 1.82) is 0 Å². The van der Waals surface area contributed by atoms with Gasteiger partial charge in [-0.3, -0.25) is 4.98 Å². The van der Waals surface area contributed by atoms with Gasteiger partial charge in [0.05, 0.1) is 10.5 Å². The van der Waals surface area contributed by atoms with Crippen LogP contribution < -0.4 is 5.76 Å². The summed E-state index contributed by atoms with van der Waals surface area (Å²) < 4.78 is 5.51. The molecule has 0 radical (unpaired) electrons. The lowest BCUT2D eigenvalue weighted by atomic mass is 10.3. The molecule has 5 heteroatoms. The van der Waals surface area contributed by atoms with Gasteiger partial charge in [-0.25, -0.2) is 4.79 Å². The Labute approximate surface area is 80.5 Å². The zero-order valence-electron chi connectivity index (χ0n) is 5.73. The molecule has 0 aliphatic carbocycles. The molecule has 1 N–H and O–H groups in total. The summed E-state index contributed by atoms with van der Waals surface area (Å²) in [6, 6.07) is 3.28. The lowest BCUT2D eigenvalue weighted by Gasteiger charge is -1.92. The molecule has 0 fully saturated rings. The van der Waals surface area contributed by atoms with Crippen molar-refractivity contribution in [3.05, 3.63) is 32.2 Å². The van der Waals surface area contributed by atoms with E-state index >= 15 is 0 Å². The number of oxazole rings is 1. The molecule has 2 aromatic rings. The van der Waals surface area contributed by atoms with Gasteiger partial charge in [-0.2, -0.15) is 0 Å². The molecule has 1 heterocycles. The monoisotopic (exact) mass is 247 g/mol. The van der Waals surface area contributed by atoms with Gasteiger partial charge in [-0.15, -0.1) is 0 Å². The van der Waals surface area contributed by atoms with Gasteiger partial charge in [0.1, 0.15) is 0 Å². The van der Waals surface area contributed by atoms with Crippen molar-refractivity contribution in [2.24, 2.45) is 0 Å². The number of aromatic nitrogens is 1. The summed E-state index contributed by atoms with van der Waals surface area (Å²) in [5, 5.41) is 0.541. The van der Waals surface area contributed by atoms with Gasteiger partial charge in [0.15, 0.2) is 5.58 Å². The Bertz CT molecular complexity index is 446. The second kappa shape index (κ2) is 2.64. The molecule has 0 bridgehead atoms. The minimum atomic E-state index is -0.473. The van der Waals surface area contributed by atoms with Crippen molar-refractivity contribution in [2.75, 3.05) is 0 Å². The van der Waals surface area contributed by atoms with Crippen molar-refractivity contribution in [3.63, 3.8) is 0 Å². The highest BCUT2D eigenvalue weighted by molar-refractivity contribution is 9.10. The molecule has 62 valence electrons. The summed E-state index contributed by atoms with van der Waals surface area (Å²) in [6.07, 6.45) is 0. The molecule has 0 atom stereocenters. The lowest BCUT2D eigenvalue weighted by Crippen LogP contribution is -1.92. The van der Waals surface area contributed by atoms with Gasteiger partial charge in [-0.1, -0.05) is 11.6 Å². The van der Waals surface area contributed by atoms with Crippen LogP contribution in [0.5, 0.6) is 0 Å². The van der Waals surface area contributed by atoms with Crippen LogP contribution in [0.1, 0.15) is 0 Å². The van der Waals surface area contributed by atoms with Gasteiger partial charge in [0, 0.05) is 4.47 Å². The third kappa shape index (κ3) is 1.17. The molecule has 12 heavy (non-hydrogen) atoms. The van der Waals surface area contributed by atoms with Crippen LogP contribution in [0.25, 0.3) is 11.1 Å². The predicted molar refractivity (Wildman–Crippen MR) is 49.5 cm³/mol. The van der Waals surface area contributed by atoms with E-state index in [0.29, 0.717) is 20.6 Å². The van der Waals surface area contributed by atoms with Crippen molar-refractivity contribution in [1.82, 2.24) is 4.98 Å². The minimum Gasteiger partial charge on any atom is -0.408 e. The van der Waals surface area contributed by atoms with Gasteiger partial charge in [0.2, 0.25) is 0 Å². The number of halogens is 2. The Morgan fingerprint density at radius 1 is 1.50 bits per heavy atom. The molecule has 0 aliphatic rings. The van der Waals surface area contributed by atoms with Crippen LogP contribution in [0, 0.1) is 0 Å². The largest absolute Gasteiger partial charge is 0.417 e. The van der Waals surface area contributed by atoms with Gasteiger partial charge in [0.25, 0.3) is 0 Å². The number of aromatic amines is 1. The number of benzene rings is 1. The van der Waals surface area contributed by atoms with Crippen LogP contribution in [0.3, 0.4) is 0 Å². The molecule has 1 aromatic heterocycles. The first-order valence-electron chi connectivity index (χ1n) is 3.15. The number of nitrogens with one attached hydrogen (secondary N) is 1. The normalized spacial score (nSPS) is 10.8. The first-order valence-corrected chi connectivity index (χ1v) is 4.32. The molecule has 1 aromatic carbocycles. The summed E-state index contributed by atoms with van der Waals surface area (Å²) in [6.45, 7) is 0. The number of fused-ring (bicyclic) bond motifs is 1. The Morgan fingerprint density at radius 3 is 3.00 bits per heavy atom. The number of rotatable bonds is 0. The fraction of sp³-hybridized carbons (Fsp3) is 0. The number of hydrogen-bond acceptors (Lipinski definition) is 2. The second-order valence-corrected chi connectivity index (χ2v) is 3.54. The molecule has 2 rings (SSSR count). The van der Waals surface area contributed by atoms with E-state index in [1.54, 1.807) is 12.1 Å². The Morgan fingerprint density at radius 2 is 2.25 bits per heavy atom. The zero-order chi connectivity index (χ0) is 8.72. The van der Waals surface area contributed by atoms with E-state index < -0.39 is 5.76 Å². The average molecular weight is 248 g/mol. The fourth-order valence-corrected chi connectivity index (χ4v) is 1.43. The molecule has 0 aliphatic heterocycles. The summed E-state index contributed by atoms with van der Waals surface area (Å²) in [4.78, 5) is 13.2. The maximum atomic E-state index is 10.7. The van der Waals surface area contributed by atoms with Crippen LogP contribution in [0.2, 0.25) is 5.02 Å². The highest BCUT2D eigenvalue weighted by atomic mass is 79.9. The van der Waals surface area contributed by atoms with Crippen molar-refractivity contribution < 1.29 is 4.42 Å². The maximum absolute atomic E-state index is 10.7. The molecule has 0 spiro atoms. The standard InChI is InChI=1S/C7H3BrClNO2/c8-3-1-6-5(2-4(3)9)10-7(11)12-6/h1-2H,(H,10,11). The summed E-state index contributed by atoms with van der Waals surface area (Å²) in [5.41, 5.74) is 1.10. The van der Waals surface area contributed by atoms with Crippen LogP contribution in [0.4, 0.5) is 0 Å². The summed E-state index contributed by atoms with van der Waals surface area (Å²) in [5.74, 6) is -0.473. The van der Waals surface area contributed by atoms with E-state index in [2.05, 4.69) is 20.9 Å². The minimum absolute atomic E-state index is 0.473. The summed E-state index contributed by atoms with van der Waals surface area (Å²) >= 11 is 9.00. The molecule has 0 saturated heterocycles. The average Bonchev–Trinajstić information content (AvgIpc) is 2.30. The second-order valence-electron chi connectivity index (χ2n) is 2.28. The molecule has 0 saturated carbocycles. The lowest BCUT2D eigenvalue weighted by molar-refractivity contribution is 0.555. The maximum Gasteiger partial charge on any atom is 0.417 e. The zero-order valence-corrected chi connectivity index (χ0v) is 8.07. The number of hydrogen-bond donors (Lipinski definition) is 1. The van der Waals surface area contributed by atoms with Crippen LogP contribution in [0.15, 0.2) is 25.8 Å². The van der Waals surface area contributed by atoms with E-state index in [0.717, 1.165) is 0 Å². The van der Waals surface area contributed by atoms with E-state index in [4.69, 9.17) is 16.0 Å². The van der Waals surface area contributed by atoms with E-state index in [-0.39, 0.29) is 0 Å². The van der Waals surface area contributed by atoms with E-state index in [1.165, 1.54) is 0 Å². The first-order chi connectivity index (χ1) is 5.66. The predicted octanol–water partition coefficient (Wildman–Crippen LogP) is 2.54. The molecular weight excluding hydrogens is 245 g/mol. The molecular formula is C7H3BrClNO2. The number of H-pyrrole nitrogens is 1.